The molecule has 0 heterocycles. The highest BCUT2D eigenvalue weighted by molar-refractivity contribution is 14.0. The lowest BCUT2D eigenvalue weighted by Crippen LogP contribution is -2.46. The summed E-state index contributed by atoms with van der Waals surface area (Å²) in [6, 6.07) is 6.56. The predicted molar refractivity (Wildman–Crippen MR) is 117 cm³/mol. The topological polar surface area (TPSA) is 96.6 Å². The third kappa shape index (κ3) is 6.70. The second kappa shape index (κ2) is 9.89. The molecule has 26 heavy (non-hydrogen) atoms. The van der Waals surface area contributed by atoms with E-state index in [2.05, 4.69) is 29.5 Å². The number of rotatable bonds is 7. The molecule has 1 aliphatic rings. The smallest absolute Gasteiger partial charge is 0.238 e. The molecule has 1 aliphatic carbocycles. The van der Waals surface area contributed by atoms with Crippen molar-refractivity contribution in [2.45, 2.75) is 51.0 Å². The first-order valence-corrected chi connectivity index (χ1v) is 10.3. The fourth-order valence-corrected chi connectivity index (χ4v) is 3.99. The van der Waals surface area contributed by atoms with Crippen LogP contribution in [0.15, 0.2) is 34.2 Å². The summed E-state index contributed by atoms with van der Waals surface area (Å²) in [5.41, 5.74) is 1.37. The summed E-state index contributed by atoms with van der Waals surface area (Å²) in [7, 11) is -1.88. The quantitative estimate of drug-likeness (QED) is 0.309. The maximum atomic E-state index is 11.3. The van der Waals surface area contributed by atoms with Crippen LogP contribution in [0.1, 0.15) is 45.1 Å². The van der Waals surface area contributed by atoms with Crippen LogP contribution in [0.2, 0.25) is 0 Å². The lowest BCUT2D eigenvalue weighted by Gasteiger charge is -2.43. The Kier molecular flexibility index (Phi) is 8.81. The van der Waals surface area contributed by atoms with E-state index >= 15 is 0 Å². The first kappa shape index (κ1) is 23.2. The van der Waals surface area contributed by atoms with Crippen LogP contribution in [0.5, 0.6) is 0 Å². The molecule has 0 aromatic heterocycles. The molecule has 0 atom stereocenters. The maximum absolute atomic E-state index is 11.3. The number of aliphatic imine (C=N–C) groups is 1. The van der Waals surface area contributed by atoms with Crippen LogP contribution in [0.3, 0.4) is 0 Å². The van der Waals surface area contributed by atoms with Crippen molar-refractivity contribution in [1.82, 2.24) is 10.6 Å². The molecule has 2 rings (SSSR count). The van der Waals surface area contributed by atoms with E-state index in [9.17, 15) is 8.42 Å². The Morgan fingerprint density at radius 2 is 1.85 bits per heavy atom. The summed E-state index contributed by atoms with van der Waals surface area (Å²) in [6.07, 6.45) is 5.12. The molecule has 0 spiro atoms. The number of guanidine groups is 1. The van der Waals surface area contributed by atoms with Crippen molar-refractivity contribution in [1.29, 1.82) is 0 Å². The van der Waals surface area contributed by atoms with Crippen LogP contribution in [-0.4, -0.2) is 28.0 Å². The summed E-state index contributed by atoms with van der Waals surface area (Å²) >= 11 is 0. The largest absolute Gasteiger partial charge is 0.356 e. The Hall–Kier alpha value is -0.870. The van der Waals surface area contributed by atoms with Gasteiger partial charge in [-0.2, -0.15) is 0 Å². The molecule has 0 bridgehead atoms. The van der Waals surface area contributed by atoms with Gasteiger partial charge in [-0.05, 0) is 48.3 Å². The highest BCUT2D eigenvalue weighted by atomic mass is 127. The Morgan fingerprint density at radius 1 is 1.23 bits per heavy atom. The number of hydrogen-bond donors (Lipinski definition) is 3. The van der Waals surface area contributed by atoms with E-state index in [1.165, 1.54) is 37.8 Å². The first-order valence-electron chi connectivity index (χ1n) is 8.80. The van der Waals surface area contributed by atoms with Gasteiger partial charge in [0.1, 0.15) is 0 Å². The van der Waals surface area contributed by atoms with Crippen molar-refractivity contribution in [3.05, 3.63) is 29.8 Å². The summed E-state index contributed by atoms with van der Waals surface area (Å²) in [5, 5.41) is 11.8. The normalized spacial score (nSPS) is 16.6. The van der Waals surface area contributed by atoms with Gasteiger partial charge in [-0.15, -0.1) is 24.0 Å². The molecule has 0 radical (unpaired) electrons. The van der Waals surface area contributed by atoms with Crippen molar-refractivity contribution in [2.24, 2.45) is 21.5 Å². The highest BCUT2D eigenvalue weighted by Crippen LogP contribution is 2.45. The monoisotopic (exact) mass is 494 g/mol. The molecule has 6 nitrogen and oxygen atoms in total. The Bertz CT molecular complexity index is 698. The van der Waals surface area contributed by atoms with Crippen LogP contribution in [0.4, 0.5) is 0 Å². The molecule has 0 unspecified atom stereocenters. The average molecular weight is 494 g/mol. The van der Waals surface area contributed by atoms with Gasteiger partial charge in [0.2, 0.25) is 10.0 Å². The lowest BCUT2D eigenvalue weighted by molar-refractivity contribution is 0.104. The van der Waals surface area contributed by atoms with Gasteiger partial charge >= 0.3 is 0 Å². The number of hydrogen-bond acceptors (Lipinski definition) is 3. The van der Waals surface area contributed by atoms with Crippen molar-refractivity contribution in [3.8, 4) is 0 Å². The van der Waals surface area contributed by atoms with E-state index in [-0.39, 0.29) is 28.9 Å². The van der Waals surface area contributed by atoms with Gasteiger partial charge in [0.25, 0.3) is 0 Å². The molecule has 1 saturated carbocycles. The molecule has 0 aliphatic heterocycles. The van der Waals surface area contributed by atoms with Crippen molar-refractivity contribution in [2.75, 3.05) is 13.6 Å². The number of halogens is 1. The summed E-state index contributed by atoms with van der Waals surface area (Å²) in [6.45, 7) is 6.06. The van der Waals surface area contributed by atoms with Crippen LogP contribution in [-0.2, 0) is 16.6 Å². The molecule has 8 heteroatoms. The van der Waals surface area contributed by atoms with E-state index in [4.69, 9.17) is 5.14 Å². The van der Waals surface area contributed by atoms with Crippen LogP contribution >= 0.6 is 24.0 Å². The Morgan fingerprint density at radius 3 is 2.27 bits per heavy atom. The second-order valence-electron chi connectivity index (χ2n) is 7.42. The minimum Gasteiger partial charge on any atom is -0.356 e. The Balaban J connectivity index is 0.00000338. The zero-order valence-electron chi connectivity index (χ0n) is 15.8. The minimum absolute atomic E-state index is 0. The molecular formula is C18H31IN4O2S. The zero-order chi connectivity index (χ0) is 18.5. The molecule has 0 amide bonds. The van der Waals surface area contributed by atoms with Crippen LogP contribution in [0.25, 0.3) is 0 Å². The van der Waals surface area contributed by atoms with Gasteiger partial charge in [-0.3, -0.25) is 4.99 Å². The average Bonchev–Trinajstić information content (AvgIpc) is 2.51. The van der Waals surface area contributed by atoms with E-state index in [1.54, 1.807) is 19.2 Å². The third-order valence-corrected chi connectivity index (χ3v) is 5.75. The molecule has 148 valence electrons. The van der Waals surface area contributed by atoms with Gasteiger partial charge in [0.05, 0.1) is 4.90 Å². The van der Waals surface area contributed by atoms with Gasteiger partial charge in [0, 0.05) is 20.1 Å². The molecule has 4 N–H and O–H groups in total. The highest BCUT2D eigenvalue weighted by Gasteiger charge is 2.37. The molecule has 1 fully saturated rings. The second-order valence-corrected chi connectivity index (χ2v) is 8.98. The number of benzene rings is 1. The van der Waals surface area contributed by atoms with Gasteiger partial charge in [-0.25, -0.2) is 13.6 Å². The minimum atomic E-state index is -3.64. The van der Waals surface area contributed by atoms with Gasteiger partial charge in [-0.1, -0.05) is 32.4 Å². The van der Waals surface area contributed by atoms with Crippen LogP contribution in [0, 0.1) is 11.3 Å². The van der Waals surface area contributed by atoms with Crippen molar-refractivity contribution in [3.63, 3.8) is 0 Å². The van der Waals surface area contributed by atoms with E-state index in [0.29, 0.717) is 17.9 Å². The fraction of sp³-hybridized carbons (Fsp3) is 0.611. The van der Waals surface area contributed by atoms with Gasteiger partial charge < -0.3 is 10.6 Å². The van der Waals surface area contributed by atoms with Crippen molar-refractivity contribution >= 4 is 40.0 Å². The number of nitrogens with two attached hydrogens (primary N) is 1. The third-order valence-electron chi connectivity index (χ3n) is 4.82. The molecule has 0 saturated heterocycles. The lowest BCUT2D eigenvalue weighted by atomic mass is 9.64. The zero-order valence-corrected chi connectivity index (χ0v) is 18.9. The SMILES string of the molecule is CN=C(NCc1ccc(S(N)(=O)=O)cc1)NCC1(CC(C)C)CCC1.I. The number of nitrogens with zero attached hydrogens (tertiary/aromatic N) is 1. The summed E-state index contributed by atoms with van der Waals surface area (Å²) in [5.74, 6) is 1.47. The number of sulfonamides is 1. The standard InChI is InChI=1S/C18H30N4O2S.HI/c1-14(2)11-18(9-4-10-18)13-22-17(20-3)21-12-15-5-7-16(8-6-15)25(19,23)24;/h5-8,14H,4,9-13H2,1-3H3,(H2,19,23,24)(H2,20,21,22);1H. The van der Waals surface area contributed by atoms with E-state index in [0.717, 1.165) is 18.1 Å². The first-order chi connectivity index (χ1) is 11.7. The van der Waals surface area contributed by atoms with E-state index in [1.807, 2.05) is 0 Å². The van der Waals surface area contributed by atoms with Gasteiger partial charge in [0.15, 0.2) is 5.96 Å². The van der Waals surface area contributed by atoms with E-state index < -0.39 is 10.0 Å². The Labute approximate surface area is 174 Å². The molecule has 1 aromatic rings. The van der Waals surface area contributed by atoms with Crippen LogP contribution < -0.4 is 15.8 Å². The number of nitrogens with one attached hydrogen (secondary N) is 2. The summed E-state index contributed by atoms with van der Waals surface area (Å²) < 4.78 is 22.6. The predicted octanol–water partition coefficient (Wildman–Crippen LogP) is 2.83. The maximum Gasteiger partial charge on any atom is 0.238 e. The van der Waals surface area contributed by atoms with Crippen molar-refractivity contribution < 1.29 is 8.42 Å². The molecule has 1 aromatic carbocycles. The fourth-order valence-electron chi connectivity index (χ4n) is 3.47. The summed E-state index contributed by atoms with van der Waals surface area (Å²) in [4.78, 5) is 4.40. The molecular weight excluding hydrogens is 463 g/mol. The number of primary sulfonamides is 1.